The van der Waals surface area contributed by atoms with Crippen molar-refractivity contribution in [3.63, 3.8) is 0 Å². The zero-order valence-electron chi connectivity index (χ0n) is 17.6. The summed E-state index contributed by atoms with van der Waals surface area (Å²) < 4.78 is 11.3. The van der Waals surface area contributed by atoms with Gasteiger partial charge in [-0.05, 0) is 33.6 Å². The highest BCUT2D eigenvalue weighted by molar-refractivity contribution is 6.29. The number of carboxylic acids is 1. The van der Waals surface area contributed by atoms with E-state index in [0.29, 0.717) is 25.5 Å². The summed E-state index contributed by atoms with van der Waals surface area (Å²) in [6.45, 7) is 8.66. The highest BCUT2D eigenvalue weighted by Crippen LogP contribution is 2.32. The summed E-state index contributed by atoms with van der Waals surface area (Å²) in [5.41, 5.74) is -0.550. The number of hydrogen-bond donors (Lipinski definition) is 2. The summed E-state index contributed by atoms with van der Waals surface area (Å²) in [5, 5.41) is 13.3. The first-order valence-corrected chi connectivity index (χ1v) is 10.5. The molecule has 0 aromatic carbocycles. The molecule has 30 heavy (non-hydrogen) atoms. The van der Waals surface area contributed by atoms with Crippen LogP contribution in [0.3, 0.4) is 0 Å². The fourth-order valence-electron chi connectivity index (χ4n) is 3.57. The maximum absolute atomic E-state index is 12.3. The number of pyridine rings is 1. The molecule has 1 amide bonds. The average molecular weight is 441 g/mol. The molecule has 9 nitrogen and oxygen atoms in total. The number of aromatic carboxylic acids is 1. The van der Waals surface area contributed by atoms with E-state index < -0.39 is 11.6 Å². The molecule has 0 aliphatic carbocycles. The van der Waals surface area contributed by atoms with Crippen LogP contribution >= 0.6 is 11.6 Å². The predicted octanol–water partition coefficient (Wildman–Crippen LogP) is 2.62. The van der Waals surface area contributed by atoms with Gasteiger partial charge < -0.3 is 29.7 Å². The molecule has 0 saturated carbocycles. The summed E-state index contributed by atoms with van der Waals surface area (Å²) >= 11 is 6.16. The Labute approximate surface area is 181 Å². The van der Waals surface area contributed by atoms with Crippen LogP contribution in [0.15, 0.2) is 6.07 Å². The quantitative estimate of drug-likeness (QED) is 0.673. The molecule has 3 heterocycles. The number of piperazine rings is 1. The molecular weight excluding hydrogens is 412 g/mol. The standard InChI is InChI=1S/C20H29ClN4O5/c1-20(2,3)30-19(28)25-9-6-22-13(11-25)12-29-14-10-15(21)23-17(16(14)18(26)27)24-7-4-5-8-24/h10,13,22H,4-9,11-12H2,1-3H3,(H,26,27)/t13-/m1/s1. The van der Waals surface area contributed by atoms with Crippen molar-refractivity contribution in [3.05, 3.63) is 16.8 Å². The smallest absolute Gasteiger partial charge is 0.410 e. The van der Waals surface area contributed by atoms with Crippen molar-refractivity contribution in [1.82, 2.24) is 15.2 Å². The molecule has 2 aliphatic heterocycles. The van der Waals surface area contributed by atoms with Crippen LogP contribution in [0, 0.1) is 0 Å². The van der Waals surface area contributed by atoms with E-state index in [1.807, 2.05) is 25.7 Å². The van der Waals surface area contributed by atoms with Gasteiger partial charge in [-0.2, -0.15) is 0 Å². The van der Waals surface area contributed by atoms with Crippen LogP contribution in [0.4, 0.5) is 10.6 Å². The van der Waals surface area contributed by atoms with Gasteiger partial charge in [-0.1, -0.05) is 11.6 Å². The van der Waals surface area contributed by atoms with Crippen LogP contribution in [-0.4, -0.2) is 78.0 Å². The van der Waals surface area contributed by atoms with Gasteiger partial charge in [0.05, 0.1) is 6.04 Å². The minimum Gasteiger partial charge on any atom is -0.491 e. The Kier molecular flexibility index (Phi) is 6.92. The van der Waals surface area contributed by atoms with Gasteiger partial charge in [0.1, 0.15) is 34.5 Å². The normalized spacial score (nSPS) is 19.7. The minimum atomic E-state index is -1.11. The van der Waals surface area contributed by atoms with Gasteiger partial charge >= 0.3 is 12.1 Å². The molecule has 10 heteroatoms. The maximum atomic E-state index is 12.3. The minimum absolute atomic E-state index is 0.0149. The lowest BCUT2D eigenvalue weighted by atomic mass is 10.2. The van der Waals surface area contributed by atoms with Crippen LogP contribution in [-0.2, 0) is 4.74 Å². The van der Waals surface area contributed by atoms with E-state index in [0.717, 1.165) is 25.9 Å². The fourth-order valence-corrected chi connectivity index (χ4v) is 3.75. The lowest BCUT2D eigenvalue weighted by Gasteiger charge is -2.34. The number of nitrogens with zero attached hydrogens (tertiary/aromatic N) is 3. The van der Waals surface area contributed by atoms with Crippen LogP contribution in [0.25, 0.3) is 0 Å². The lowest BCUT2D eigenvalue weighted by molar-refractivity contribution is 0.0178. The molecule has 1 aromatic heterocycles. The van der Waals surface area contributed by atoms with E-state index in [1.165, 1.54) is 6.07 Å². The highest BCUT2D eigenvalue weighted by atomic mass is 35.5. The van der Waals surface area contributed by atoms with Crippen molar-refractivity contribution in [2.24, 2.45) is 0 Å². The second kappa shape index (κ2) is 9.26. The largest absolute Gasteiger partial charge is 0.491 e. The van der Waals surface area contributed by atoms with E-state index in [-0.39, 0.29) is 35.2 Å². The number of carbonyl (C=O) groups is 2. The molecule has 2 N–H and O–H groups in total. The lowest BCUT2D eigenvalue weighted by Crippen LogP contribution is -2.55. The summed E-state index contributed by atoms with van der Waals surface area (Å²) in [6, 6.07) is 1.26. The summed E-state index contributed by atoms with van der Waals surface area (Å²) in [5.74, 6) is -0.585. The van der Waals surface area contributed by atoms with Gasteiger partial charge in [0.15, 0.2) is 0 Å². The van der Waals surface area contributed by atoms with Crippen LogP contribution in [0.5, 0.6) is 5.75 Å². The highest BCUT2D eigenvalue weighted by Gasteiger charge is 2.29. The molecule has 2 saturated heterocycles. The number of anilines is 1. The molecule has 1 aromatic rings. The maximum Gasteiger partial charge on any atom is 0.410 e. The average Bonchev–Trinajstić information content (AvgIpc) is 3.19. The molecule has 0 radical (unpaired) electrons. The van der Waals surface area contributed by atoms with Gasteiger partial charge in [-0.15, -0.1) is 0 Å². The number of rotatable bonds is 5. The van der Waals surface area contributed by atoms with E-state index in [2.05, 4.69) is 10.3 Å². The number of ether oxygens (including phenoxy) is 2. The summed E-state index contributed by atoms with van der Waals surface area (Å²) in [4.78, 5) is 32.1. The molecule has 2 fully saturated rings. The van der Waals surface area contributed by atoms with E-state index in [1.54, 1.807) is 4.90 Å². The van der Waals surface area contributed by atoms with Gasteiger partial charge in [0.2, 0.25) is 0 Å². The predicted molar refractivity (Wildman–Crippen MR) is 113 cm³/mol. The Morgan fingerprint density at radius 1 is 1.30 bits per heavy atom. The topological polar surface area (TPSA) is 104 Å². The number of carboxylic acid groups (broad SMARTS) is 1. The molecular formula is C20H29ClN4O5. The number of amides is 1. The van der Waals surface area contributed by atoms with Crippen molar-refractivity contribution < 1.29 is 24.2 Å². The molecule has 1 atom stereocenters. The van der Waals surface area contributed by atoms with Gasteiger partial charge in [-0.3, -0.25) is 0 Å². The first kappa shape index (κ1) is 22.4. The first-order valence-electron chi connectivity index (χ1n) is 10.2. The second-order valence-corrected chi connectivity index (χ2v) is 8.92. The molecule has 3 rings (SSSR count). The Morgan fingerprint density at radius 2 is 2.00 bits per heavy atom. The Morgan fingerprint density at radius 3 is 2.63 bits per heavy atom. The van der Waals surface area contributed by atoms with Gasteiger partial charge in [0, 0.05) is 38.8 Å². The molecule has 166 valence electrons. The third-order valence-corrected chi connectivity index (χ3v) is 5.09. The number of nitrogens with one attached hydrogen (secondary N) is 1. The third-order valence-electron chi connectivity index (χ3n) is 4.90. The summed E-state index contributed by atoms with van der Waals surface area (Å²) in [6.07, 6.45) is 1.59. The summed E-state index contributed by atoms with van der Waals surface area (Å²) in [7, 11) is 0. The SMILES string of the molecule is CC(C)(C)OC(=O)N1CCN[C@@H](COc2cc(Cl)nc(N3CCCC3)c2C(=O)O)C1. The molecule has 2 aliphatic rings. The molecule has 0 unspecified atom stereocenters. The Bertz CT molecular complexity index is 792. The number of carbonyl (C=O) groups excluding carboxylic acids is 1. The van der Waals surface area contributed by atoms with E-state index in [4.69, 9.17) is 21.1 Å². The van der Waals surface area contributed by atoms with Crippen LogP contribution < -0.4 is 15.0 Å². The molecule has 0 bridgehead atoms. The van der Waals surface area contributed by atoms with Crippen LogP contribution in [0.2, 0.25) is 5.15 Å². The van der Waals surface area contributed by atoms with Crippen molar-refractivity contribution in [1.29, 1.82) is 0 Å². The van der Waals surface area contributed by atoms with E-state index >= 15 is 0 Å². The third kappa shape index (κ3) is 5.66. The molecule has 0 spiro atoms. The Hall–Kier alpha value is -2.26. The van der Waals surface area contributed by atoms with Crippen molar-refractivity contribution in [3.8, 4) is 5.75 Å². The van der Waals surface area contributed by atoms with Gasteiger partial charge in [-0.25, -0.2) is 14.6 Å². The zero-order valence-corrected chi connectivity index (χ0v) is 18.4. The van der Waals surface area contributed by atoms with Crippen molar-refractivity contribution in [2.45, 2.75) is 45.3 Å². The van der Waals surface area contributed by atoms with Crippen molar-refractivity contribution in [2.75, 3.05) is 44.2 Å². The monoisotopic (exact) mass is 440 g/mol. The number of halogens is 1. The number of hydrogen-bond acceptors (Lipinski definition) is 7. The van der Waals surface area contributed by atoms with Gasteiger partial charge in [0.25, 0.3) is 0 Å². The van der Waals surface area contributed by atoms with Crippen molar-refractivity contribution >= 4 is 29.5 Å². The number of aromatic nitrogens is 1. The first-order chi connectivity index (χ1) is 14.1. The fraction of sp³-hybridized carbons (Fsp3) is 0.650. The zero-order chi connectivity index (χ0) is 21.9. The van der Waals surface area contributed by atoms with E-state index in [9.17, 15) is 14.7 Å². The second-order valence-electron chi connectivity index (χ2n) is 8.53. The van der Waals surface area contributed by atoms with Crippen LogP contribution in [0.1, 0.15) is 44.0 Å². The Balaban J connectivity index is 1.70.